The van der Waals surface area contributed by atoms with Gasteiger partial charge in [0.2, 0.25) is 0 Å². The fraction of sp³-hybridized carbons (Fsp3) is 0.143. The van der Waals surface area contributed by atoms with E-state index in [0.29, 0.717) is 0 Å². The molecule has 0 spiro atoms. The number of benzene rings is 1. The monoisotopic (exact) mass is 289 g/mol. The standard InChI is InChI=1S/C6H5NO3.CHF3O3S/c8-6-4-2-1-3-5(6)7(9)10;2-1(3,4)8(5,6)7/h1-4,8H;(H,5,6,7). The number of aromatic hydroxyl groups is 1. The lowest BCUT2D eigenvalue weighted by Crippen LogP contribution is -2.21. The van der Waals surface area contributed by atoms with Gasteiger partial charge in [0, 0.05) is 6.07 Å². The van der Waals surface area contributed by atoms with Crippen LogP contribution < -0.4 is 0 Å². The van der Waals surface area contributed by atoms with Gasteiger partial charge in [-0.25, -0.2) is 0 Å². The minimum absolute atomic E-state index is 0.262. The number of hydrogen-bond acceptors (Lipinski definition) is 5. The van der Waals surface area contributed by atoms with E-state index in [2.05, 4.69) is 0 Å². The lowest BCUT2D eigenvalue weighted by molar-refractivity contribution is -0.385. The molecule has 1 rings (SSSR count). The SMILES string of the molecule is O=S(=O)(O)C(F)(F)F.O=[N+]([O-])c1ccccc1O. The van der Waals surface area contributed by atoms with Crippen LogP contribution in [0.3, 0.4) is 0 Å². The van der Waals surface area contributed by atoms with E-state index < -0.39 is 20.5 Å². The van der Waals surface area contributed by atoms with Crippen molar-refractivity contribution in [1.82, 2.24) is 0 Å². The average Bonchev–Trinajstić information content (AvgIpc) is 2.15. The van der Waals surface area contributed by atoms with Crippen LogP contribution in [0.1, 0.15) is 0 Å². The predicted octanol–water partition coefficient (Wildman–Crippen LogP) is 1.69. The number of phenolic OH excluding ortho intramolecular Hbond substituents is 1. The van der Waals surface area contributed by atoms with Crippen LogP contribution in [0.25, 0.3) is 0 Å². The number of rotatable bonds is 1. The molecule has 1 aromatic carbocycles. The molecule has 18 heavy (non-hydrogen) atoms. The summed E-state index contributed by atoms with van der Waals surface area (Å²) in [6, 6.07) is 5.55. The van der Waals surface area contributed by atoms with Gasteiger partial charge in [-0.3, -0.25) is 14.7 Å². The topological polar surface area (TPSA) is 118 Å². The Labute approximate surface area is 98.4 Å². The molecule has 0 atom stereocenters. The molecule has 0 saturated carbocycles. The first-order valence-corrected chi connectivity index (χ1v) is 5.37. The van der Waals surface area contributed by atoms with E-state index >= 15 is 0 Å². The zero-order chi connectivity index (χ0) is 14.6. The summed E-state index contributed by atoms with van der Waals surface area (Å²) in [5, 5.41) is 18.9. The zero-order valence-corrected chi connectivity index (χ0v) is 9.14. The quantitative estimate of drug-likeness (QED) is 0.351. The molecule has 0 radical (unpaired) electrons. The molecule has 0 aromatic heterocycles. The number of phenols is 1. The molecule has 0 amide bonds. The summed E-state index contributed by atoms with van der Waals surface area (Å²) in [4.78, 5) is 9.44. The molecule has 0 aliphatic rings. The van der Waals surface area contributed by atoms with Crippen LogP contribution in [0.15, 0.2) is 24.3 Å². The molecule has 0 heterocycles. The molecule has 0 aliphatic heterocycles. The van der Waals surface area contributed by atoms with Crippen LogP contribution in [-0.2, 0) is 10.1 Å². The number of nitrogens with zero attached hydrogens (tertiary/aromatic N) is 1. The van der Waals surface area contributed by atoms with E-state index in [9.17, 15) is 23.3 Å². The van der Waals surface area contributed by atoms with Gasteiger partial charge in [0.25, 0.3) is 0 Å². The van der Waals surface area contributed by atoms with E-state index in [-0.39, 0.29) is 11.4 Å². The predicted molar refractivity (Wildman–Crippen MR) is 52.4 cm³/mol. The Kier molecular flexibility index (Phi) is 5.05. The minimum atomic E-state index is -5.84. The van der Waals surface area contributed by atoms with Crippen LogP contribution >= 0.6 is 0 Å². The highest BCUT2D eigenvalue weighted by Crippen LogP contribution is 2.23. The van der Waals surface area contributed by atoms with Crippen molar-refractivity contribution >= 4 is 15.8 Å². The molecule has 0 aliphatic carbocycles. The van der Waals surface area contributed by atoms with Crippen molar-refractivity contribution in [3.63, 3.8) is 0 Å². The van der Waals surface area contributed by atoms with Crippen molar-refractivity contribution in [3.8, 4) is 5.75 Å². The Morgan fingerprint density at radius 2 is 1.61 bits per heavy atom. The van der Waals surface area contributed by atoms with Gasteiger partial charge < -0.3 is 5.11 Å². The van der Waals surface area contributed by atoms with Crippen molar-refractivity contribution in [3.05, 3.63) is 34.4 Å². The molecule has 0 unspecified atom stereocenters. The van der Waals surface area contributed by atoms with Crippen molar-refractivity contribution in [2.45, 2.75) is 5.51 Å². The van der Waals surface area contributed by atoms with Gasteiger partial charge in [-0.1, -0.05) is 12.1 Å². The smallest absolute Gasteiger partial charge is 0.502 e. The molecule has 11 heteroatoms. The van der Waals surface area contributed by atoms with E-state index in [1.165, 1.54) is 24.3 Å². The fourth-order valence-electron chi connectivity index (χ4n) is 0.619. The van der Waals surface area contributed by atoms with Crippen LogP contribution in [0.4, 0.5) is 18.9 Å². The first-order chi connectivity index (χ1) is 7.97. The average molecular weight is 289 g/mol. The van der Waals surface area contributed by atoms with Crippen LogP contribution in [0, 0.1) is 10.1 Å². The normalized spacial score (nSPS) is 11.3. The third kappa shape index (κ3) is 4.97. The van der Waals surface area contributed by atoms with Gasteiger partial charge in [-0.05, 0) is 6.07 Å². The van der Waals surface area contributed by atoms with Crippen LogP contribution in [0.2, 0.25) is 0 Å². The maximum absolute atomic E-state index is 10.7. The molecule has 0 bridgehead atoms. The molecule has 7 nitrogen and oxygen atoms in total. The maximum Gasteiger partial charge on any atom is 0.522 e. The number of para-hydroxylation sites is 2. The van der Waals surface area contributed by atoms with Gasteiger partial charge in [0.05, 0.1) is 4.92 Å². The first kappa shape index (κ1) is 16.1. The summed E-state index contributed by atoms with van der Waals surface area (Å²) >= 11 is 0. The number of nitro groups is 1. The largest absolute Gasteiger partial charge is 0.522 e. The van der Waals surface area contributed by atoms with Crippen molar-refractivity contribution < 1.29 is 36.2 Å². The highest BCUT2D eigenvalue weighted by Gasteiger charge is 2.44. The molecular weight excluding hydrogens is 283 g/mol. The molecule has 0 saturated heterocycles. The summed E-state index contributed by atoms with van der Waals surface area (Å²) < 4.78 is 57.5. The Morgan fingerprint density at radius 1 is 1.22 bits per heavy atom. The molecule has 102 valence electrons. The van der Waals surface area contributed by atoms with Crippen LogP contribution in [0.5, 0.6) is 5.75 Å². The van der Waals surface area contributed by atoms with Crippen molar-refractivity contribution in [1.29, 1.82) is 0 Å². The Hall–Kier alpha value is -1.88. The second-order valence-electron chi connectivity index (χ2n) is 2.67. The number of alkyl halides is 3. The Morgan fingerprint density at radius 3 is 1.83 bits per heavy atom. The Bertz CT molecular complexity index is 526. The minimum Gasteiger partial charge on any atom is -0.502 e. The lowest BCUT2D eigenvalue weighted by Gasteiger charge is -1.97. The number of hydrogen-bond donors (Lipinski definition) is 2. The van der Waals surface area contributed by atoms with Gasteiger partial charge >= 0.3 is 21.3 Å². The van der Waals surface area contributed by atoms with Crippen molar-refractivity contribution in [2.24, 2.45) is 0 Å². The second-order valence-corrected chi connectivity index (χ2v) is 4.08. The summed E-state index contributed by atoms with van der Waals surface area (Å²) in [6.07, 6.45) is 0. The van der Waals surface area contributed by atoms with Gasteiger partial charge in [-0.2, -0.15) is 21.6 Å². The van der Waals surface area contributed by atoms with E-state index in [0.717, 1.165) is 0 Å². The maximum atomic E-state index is 10.7. The van der Waals surface area contributed by atoms with E-state index in [1.807, 2.05) is 0 Å². The molecular formula is C7H6F3NO6S. The summed E-state index contributed by atoms with van der Waals surface area (Å²) in [5.74, 6) is -0.299. The van der Waals surface area contributed by atoms with Gasteiger partial charge in [0.15, 0.2) is 5.75 Å². The van der Waals surface area contributed by atoms with Gasteiger partial charge in [-0.15, -0.1) is 0 Å². The van der Waals surface area contributed by atoms with Crippen molar-refractivity contribution in [2.75, 3.05) is 0 Å². The highest BCUT2D eigenvalue weighted by atomic mass is 32.2. The van der Waals surface area contributed by atoms with Gasteiger partial charge in [0.1, 0.15) is 0 Å². The summed E-state index contributed by atoms with van der Waals surface area (Å²) in [6.45, 7) is 0. The number of halogens is 3. The summed E-state index contributed by atoms with van der Waals surface area (Å²) in [7, 11) is -5.84. The third-order valence-electron chi connectivity index (χ3n) is 1.37. The van der Waals surface area contributed by atoms with E-state index in [4.69, 9.17) is 18.1 Å². The molecule has 0 fully saturated rings. The van der Waals surface area contributed by atoms with Crippen LogP contribution in [-0.4, -0.2) is 28.5 Å². The third-order valence-corrected chi connectivity index (χ3v) is 1.96. The number of nitro benzene ring substituents is 1. The Balaban J connectivity index is 0.000000331. The lowest BCUT2D eigenvalue weighted by atomic mass is 10.3. The summed E-state index contributed by atoms with van der Waals surface area (Å²) in [5.41, 5.74) is -5.80. The fourth-order valence-corrected chi connectivity index (χ4v) is 0.619. The first-order valence-electron chi connectivity index (χ1n) is 3.93. The van der Waals surface area contributed by atoms with E-state index in [1.54, 1.807) is 0 Å². The zero-order valence-electron chi connectivity index (χ0n) is 8.33. The second kappa shape index (κ2) is 5.64. The highest BCUT2D eigenvalue weighted by molar-refractivity contribution is 7.86. The molecule has 1 aromatic rings. The molecule has 2 N–H and O–H groups in total.